The van der Waals surface area contributed by atoms with Crippen molar-refractivity contribution in [2.45, 2.75) is 12.1 Å². The topological polar surface area (TPSA) is 9.23 Å². The SMILES string of the molecule is FC(F)(F)c1ccc(C2c3c(ccc4ccccc34)Oc3ccc4ccccc4c32)cc1. The predicted molar refractivity (Wildman–Crippen MR) is 120 cm³/mol. The van der Waals surface area contributed by atoms with Crippen LogP contribution in [0, 0.1) is 0 Å². The molecule has 0 saturated carbocycles. The second-order valence-electron chi connectivity index (χ2n) is 8.05. The van der Waals surface area contributed by atoms with Gasteiger partial charge in [-0.2, -0.15) is 13.2 Å². The van der Waals surface area contributed by atoms with Gasteiger partial charge in [0.2, 0.25) is 0 Å². The molecule has 5 aromatic carbocycles. The average Bonchev–Trinajstić information content (AvgIpc) is 2.82. The molecule has 32 heavy (non-hydrogen) atoms. The Morgan fingerprint density at radius 1 is 0.562 bits per heavy atom. The summed E-state index contributed by atoms with van der Waals surface area (Å²) >= 11 is 0. The fourth-order valence-electron chi connectivity index (χ4n) is 4.79. The number of fused-ring (bicyclic) bond motifs is 6. The lowest BCUT2D eigenvalue weighted by Gasteiger charge is -2.31. The lowest BCUT2D eigenvalue weighted by Crippen LogP contribution is -2.13. The van der Waals surface area contributed by atoms with Crippen molar-refractivity contribution in [1.82, 2.24) is 0 Å². The zero-order valence-corrected chi connectivity index (χ0v) is 16.9. The van der Waals surface area contributed by atoms with Crippen molar-refractivity contribution in [3.63, 3.8) is 0 Å². The van der Waals surface area contributed by atoms with Crippen LogP contribution in [-0.4, -0.2) is 0 Å². The maximum absolute atomic E-state index is 13.2. The third-order valence-electron chi connectivity index (χ3n) is 6.23. The molecule has 0 amide bonds. The van der Waals surface area contributed by atoms with Gasteiger partial charge in [0.05, 0.1) is 5.56 Å². The van der Waals surface area contributed by atoms with Crippen LogP contribution in [0.3, 0.4) is 0 Å². The first-order chi connectivity index (χ1) is 15.5. The zero-order chi connectivity index (χ0) is 21.9. The van der Waals surface area contributed by atoms with Gasteiger partial charge in [0.25, 0.3) is 0 Å². The Labute approximate surface area is 182 Å². The van der Waals surface area contributed by atoms with Crippen LogP contribution in [0.15, 0.2) is 97.1 Å². The van der Waals surface area contributed by atoms with Crippen molar-refractivity contribution in [3.05, 3.63) is 119 Å². The molecule has 0 bridgehead atoms. The minimum Gasteiger partial charge on any atom is -0.457 e. The first kappa shape index (κ1) is 18.9. The predicted octanol–water partition coefficient (Wildman–Crippen LogP) is 8.30. The van der Waals surface area contributed by atoms with E-state index in [1.54, 1.807) is 12.1 Å². The van der Waals surface area contributed by atoms with Crippen LogP contribution in [0.4, 0.5) is 13.2 Å². The maximum atomic E-state index is 13.2. The number of halogens is 3. The summed E-state index contributed by atoms with van der Waals surface area (Å²) in [5.74, 6) is 1.21. The van der Waals surface area contributed by atoms with Gasteiger partial charge in [-0.15, -0.1) is 0 Å². The summed E-state index contributed by atoms with van der Waals surface area (Å²) in [6, 6.07) is 29.5. The molecule has 156 valence electrons. The highest BCUT2D eigenvalue weighted by Gasteiger charge is 2.34. The molecule has 0 atom stereocenters. The maximum Gasteiger partial charge on any atom is 0.416 e. The summed E-state index contributed by atoms with van der Waals surface area (Å²) in [6.45, 7) is 0. The molecule has 5 aromatic rings. The molecule has 6 rings (SSSR count). The van der Waals surface area contributed by atoms with E-state index in [1.165, 1.54) is 12.1 Å². The van der Waals surface area contributed by atoms with Gasteiger partial charge in [-0.25, -0.2) is 0 Å². The molecule has 1 nitrogen and oxygen atoms in total. The van der Waals surface area contributed by atoms with E-state index in [4.69, 9.17) is 4.74 Å². The first-order valence-corrected chi connectivity index (χ1v) is 10.4. The molecule has 0 radical (unpaired) electrons. The Balaban J connectivity index is 1.68. The van der Waals surface area contributed by atoms with Crippen molar-refractivity contribution >= 4 is 21.5 Å². The molecule has 0 fully saturated rings. The van der Waals surface area contributed by atoms with Gasteiger partial charge in [0.15, 0.2) is 0 Å². The van der Waals surface area contributed by atoms with Crippen molar-refractivity contribution in [2.24, 2.45) is 0 Å². The van der Waals surface area contributed by atoms with Gasteiger partial charge in [-0.05, 0) is 51.4 Å². The Morgan fingerprint density at radius 2 is 1.06 bits per heavy atom. The van der Waals surface area contributed by atoms with Gasteiger partial charge in [-0.3, -0.25) is 0 Å². The molecule has 0 saturated heterocycles. The molecular formula is C28H17F3O. The van der Waals surface area contributed by atoms with Crippen LogP contribution < -0.4 is 4.74 Å². The van der Waals surface area contributed by atoms with Crippen molar-refractivity contribution in [2.75, 3.05) is 0 Å². The van der Waals surface area contributed by atoms with E-state index in [0.29, 0.717) is 0 Å². The van der Waals surface area contributed by atoms with Crippen LogP contribution in [0.25, 0.3) is 21.5 Å². The molecular weight excluding hydrogens is 409 g/mol. The molecule has 0 N–H and O–H groups in total. The Bertz CT molecular complexity index is 1400. The summed E-state index contributed by atoms with van der Waals surface area (Å²) in [5, 5.41) is 4.20. The Hall–Kier alpha value is -3.79. The highest BCUT2D eigenvalue weighted by atomic mass is 19.4. The van der Waals surface area contributed by atoms with E-state index in [2.05, 4.69) is 0 Å². The molecule has 1 heterocycles. The largest absolute Gasteiger partial charge is 0.457 e. The minimum absolute atomic E-state index is 0.256. The summed E-state index contributed by atoms with van der Waals surface area (Å²) in [6.07, 6.45) is -4.37. The monoisotopic (exact) mass is 426 g/mol. The molecule has 1 aliphatic heterocycles. The van der Waals surface area contributed by atoms with E-state index in [0.717, 1.165) is 49.7 Å². The quantitative estimate of drug-likeness (QED) is 0.257. The van der Waals surface area contributed by atoms with Crippen molar-refractivity contribution in [3.8, 4) is 11.5 Å². The number of rotatable bonds is 1. The molecule has 0 aliphatic carbocycles. The average molecular weight is 426 g/mol. The molecule has 0 spiro atoms. The third kappa shape index (κ3) is 2.87. The number of ether oxygens (including phenoxy) is 1. The molecule has 1 aliphatic rings. The lowest BCUT2D eigenvalue weighted by molar-refractivity contribution is -0.137. The van der Waals surface area contributed by atoms with Crippen LogP contribution >= 0.6 is 0 Å². The number of hydrogen-bond donors (Lipinski definition) is 0. The normalized spacial score (nSPS) is 13.6. The Kier molecular flexibility index (Phi) is 4.06. The summed E-state index contributed by atoms with van der Waals surface area (Å²) in [7, 11) is 0. The summed E-state index contributed by atoms with van der Waals surface area (Å²) in [4.78, 5) is 0. The van der Waals surface area contributed by atoms with Crippen LogP contribution in [0.5, 0.6) is 11.5 Å². The van der Waals surface area contributed by atoms with E-state index in [9.17, 15) is 13.2 Å². The first-order valence-electron chi connectivity index (χ1n) is 10.4. The van der Waals surface area contributed by atoms with Gasteiger partial charge in [0, 0.05) is 17.0 Å². The third-order valence-corrected chi connectivity index (χ3v) is 6.23. The van der Waals surface area contributed by atoms with E-state index < -0.39 is 11.7 Å². The van der Waals surface area contributed by atoms with E-state index in [-0.39, 0.29) is 5.92 Å². The van der Waals surface area contributed by atoms with Gasteiger partial charge >= 0.3 is 6.18 Å². The van der Waals surface area contributed by atoms with Crippen LogP contribution in [-0.2, 0) is 6.18 Å². The minimum atomic E-state index is -4.37. The number of benzene rings is 5. The number of hydrogen-bond acceptors (Lipinski definition) is 1. The van der Waals surface area contributed by atoms with E-state index in [1.807, 2.05) is 72.8 Å². The van der Waals surface area contributed by atoms with Crippen molar-refractivity contribution < 1.29 is 17.9 Å². The smallest absolute Gasteiger partial charge is 0.416 e. The second-order valence-corrected chi connectivity index (χ2v) is 8.05. The van der Waals surface area contributed by atoms with Crippen LogP contribution in [0.1, 0.15) is 28.2 Å². The number of alkyl halides is 3. The molecule has 0 aromatic heterocycles. The van der Waals surface area contributed by atoms with Gasteiger partial charge in [0.1, 0.15) is 11.5 Å². The zero-order valence-electron chi connectivity index (χ0n) is 16.9. The van der Waals surface area contributed by atoms with Crippen LogP contribution in [0.2, 0.25) is 0 Å². The van der Waals surface area contributed by atoms with Gasteiger partial charge < -0.3 is 4.74 Å². The summed E-state index contributed by atoms with van der Waals surface area (Å²) < 4.78 is 46.1. The highest BCUT2D eigenvalue weighted by Crippen LogP contribution is 2.52. The van der Waals surface area contributed by atoms with E-state index >= 15 is 0 Å². The fourth-order valence-corrected chi connectivity index (χ4v) is 4.79. The summed E-state index contributed by atoms with van der Waals surface area (Å²) in [5.41, 5.74) is 2.11. The van der Waals surface area contributed by atoms with Gasteiger partial charge in [-0.1, -0.05) is 72.8 Å². The fraction of sp³-hybridized carbons (Fsp3) is 0.0714. The molecule has 0 unspecified atom stereocenters. The Morgan fingerprint density at radius 3 is 1.56 bits per heavy atom. The second kappa shape index (κ2) is 6.86. The highest BCUT2D eigenvalue weighted by molar-refractivity contribution is 5.95. The lowest BCUT2D eigenvalue weighted by atomic mass is 9.78. The molecule has 4 heteroatoms. The van der Waals surface area contributed by atoms with Crippen molar-refractivity contribution in [1.29, 1.82) is 0 Å². The standard InChI is InChI=1S/C28H17F3O/c29-28(30,31)20-13-9-19(10-14-20)25-26-21-7-3-1-5-17(21)11-15-23(26)32-24-16-12-18-6-2-4-8-22(18)27(24)25/h1-16,25H.